The first-order valence-corrected chi connectivity index (χ1v) is 10.3. The van der Waals surface area contributed by atoms with Gasteiger partial charge in [0.15, 0.2) is 0 Å². The van der Waals surface area contributed by atoms with E-state index < -0.39 is 0 Å². The molecule has 3 aliphatic heterocycles. The molecule has 0 radical (unpaired) electrons. The molecule has 146 valence electrons. The van der Waals surface area contributed by atoms with Gasteiger partial charge in [0.2, 0.25) is 11.8 Å². The monoisotopic (exact) mass is 370 g/mol. The maximum absolute atomic E-state index is 12.6. The van der Waals surface area contributed by atoms with Crippen LogP contribution < -0.4 is 4.90 Å². The third kappa shape index (κ3) is 4.33. The van der Waals surface area contributed by atoms with Gasteiger partial charge >= 0.3 is 0 Å². The first-order valence-electron chi connectivity index (χ1n) is 10.3. The summed E-state index contributed by atoms with van der Waals surface area (Å²) in [6.45, 7) is 7.75. The summed E-state index contributed by atoms with van der Waals surface area (Å²) in [6.07, 6.45) is 3.83. The van der Waals surface area contributed by atoms with Crippen LogP contribution in [0.1, 0.15) is 24.8 Å². The fourth-order valence-corrected chi connectivity index (χ4v) is 4.41. The SMILES string of the molecule is O=C(CN1CCN(CCC(=O)N2CCc3ccccc32)CC1)N1CCCC1. The first-order chi connectivity index (χ1) is 13.2. The molecule has 0 aromatic heterocycles. The van der Waals surface area contributed by atoms with E-state index in [4.69, 9.17) is 0 Å². The molecular formula is C21H30N4O2. The lowest BCUT2D eigenvalue weighted by Gasteiger charge is -2.35. The van der Waals surface area contributed by atoms with Crippen molar-refractivity contribution < 1.29 is 9.59 Å². The van der Waals surface area contributed by atoms with Crippen LogP contribution >= 0.6 is 0 Å². The van der Waals surface area contributed by atoms with Crippen LogP contribution in [0.25, 0.3) is 0 Å². The van der Waals surface area contributed by atoms with E-state index in [1.807, 2.05) is 21.9 Å². The van der Waals surface area contributed by atoms with Crippen molar-refractivity contribution in [2.24, 2.45) is 0 Å². The number of hydrogen-bond acceptors (Lipinski definition) is 4. The molecule has 2 fully saturated rings. The zero-order valence-corrected chi connectivity index (χ0v) is 16.1. The predicted octanol–water partition coefficient (Wildman–Crippen LogP) is 1.21. The molecule has 0 bridgehead atoms. The Morgan fingerprint density at radius 2 is 1.52 bits per heavy atom. The zero-order valence-electron chi connectivity index (χ0n) is 16.1. The third-order valence-electron chi connectivity index (χ3n) is 6.11. The molecule has 0 N–H and O–H groups in total. The Kier molecular flexibility index (Phi) is 5.74. The van der Waals surface area contributed by atoms with Crippen molar-refractivity contribution >= 4 is 17.5 Å². The van der Waals surface area contributed by atoms with Crippen LogP contribution in [0, 0.1) is 0 Å². The number of rotatable bonds is 5. The van der Waals surface area contributed by atoms with Gasteiger partial charge in [0, 0.05) is 64.5 Å². The minimum absolute atomic E-state index is 0.228. The molecule has 1 aromatic rings. The average Bonchev–Trinajstić information content (AvgIpc) is 3.37. The maximum Gasteiger partial charge on any atom is 0.236 e. The summed E-state index contributed by atoms with van der Waals surface area (Å²) in [5, 5.41) is 0. The van der Waals surface area contributed by atoms with Crippen LogP contribution in [0.3, 0.4) is 0 Å². The van der Waals surface area contributed by atoms with Gasteiger partial charge in [-0.15, -0.1) is 0 Å². The van der Waals surface area contributed by atoms with Crippen LogP contribution in [0.15, 0.2) is 24.3 Å². The van der Waals surface area contributed by atoms with Gasteiger partial charge < -0.3 is 14.7 Å². The Hall–Kier alpha value is -1.92. The highest BCUT2D eigenvalue weighted by molar-refractivity contribution is 5.95. The van der Waals surface area contributed by atoms with E-state index in [-0.39, 0.29) is 11.8 Å². The normalized spacial score (nSPS) is 20.9. The molecular weight excluding hydrogens is 340 g/mol. The molecule has 0 atom stereocenters. The van der Waals surface area contributed by atoms with E-state index in [1.54, 1.807) is 0 Å². The molecule has 0 saturated carbocycles. The largest absolute Gasteiger partial charge is 0.342 e. The molecule has 6 nitrogen and oxygen atoms in total. The lowest BCUT2D eigenvalue weighted by Crippen LogP contribution is -2.50. The van der Waals surface area contributed by atoms with Crippen molar-refractivity contribution in [3.05, 3.63) is 29.8 Å². The van der Waals surface area contributed by atoms with Gasteiger partial charge in [-0.2, -0.15) is 0 Å². The van der Waals surface area contributed by atoms with Crippen LogP contribution in [-0.2, 0) is 16.0 Å². The summed E-state index contributed by atoms with van der Waals surface area (Å²) in [5.74, 6) is 0.510. The first kappa shape index (κ1) is 18.4. The summed E-state index contributed by atoms with van der Waals surface area (Å²) < 4.78 is 0. The van der Waals surface area contributed by atoms with E-state index >= 15 is 0 Å². The summed E-state index contributed by atoms with van der Waals surface area (Å²) in [7, 11) is 0. The molecule has 3 aliphatic rings. The third-order valence-corrected chi connectivity index (χ3v) is 6.11. The molecule has 2 saturated heterocycles. The van der Waals surface area contributed by atoms with Crippen molar-refractivity contribution in [1.82, 2.24) is 14.7 Å². The van der Waals surface area contributed by atoms with Gasteiger partial charge in [-0.1, -0.05) is 18.2 Å². The van der Waals surface area contributed by atoms with Crippen molar-refractivity contribution in [2.75, 3.05) is 63.8 Å². The second-order valence-electron chi connectivity index (χ2n) is 7.88. The average molecular weight is 370 g/mol. The van der Waals surface area contributed by atoms with E-state index in [9.17, 15) is 9.59 Å². The number of anilines is 1. The molecule has 4 rings (SSSR count). The summed E-state index contributed by atoms with van der Waals surface area (Å²) in [5.41, 5.74) is 2.37. The number of benzene rings is 1. The number of piperazine rings is 1. The molecule has 27 heavy (non-hydrogen) atoms. The van der Waals surface area contributed by atoms with Crippen molar-refractivity contribution in [3.63, 3.8) is 0 Å². The highest BCUT2D eigenvalue weighted by atomic mass is 16.2. The topological polar surface area (TPSA) is 47.1 Å². The number of hydrogen-bond donors (Lipinski definition) is 0. The van der Waals surface area contributed by atoms with Gasteiger partial charge in [-0.05, 0) is 30.9 Å². The molecule has 0 spiro atoms. The summed E-state index contributed by atoms with van der Waals surface area (Å²) in [4.78, 5) is 33.5. The Morgan fingerprint density at radius 3 is 2.30 bits per heavy atom. The smallest absolute Gasteiger partial charge is 0.236 e. The van der Waals surface area contributed by atoms with Gasteiger partial charge in [0.05, 0.1) is 6.54 Å². The lowest BCUT2D eigenvalue weighted by atomic mass is 10.2. The van der Waals surface area contributed by atoms with E-state index in [2.05, 4.69) is 21.9 Å². The molecule has 0 unspecified atom stereocenters. The quantitative estimate of drug-likeness (QED) is 0.782. The Morgan fingerprint density at radius 1 is 0.815 bits per heavy atom. The number of nitrogens with zero attached hydrogens (tertiary/aromatic N) is 4. The minimum atomic E-state index is 0.228. The van der Waals surface area contributed by atoms with Gasteiger partial charge in [-0.3, -0.25) is 14.5 Å². The molecule has 2 amide bonds. The highest BCUT2D eigenvalue weighted by Gasteiger charge is 2.26. The zero-order chi connectivity index (χ0) is 18.6. The number of likely N-dealkylation sites (tertiary alicyclic amines) is 1. The Labute approximate surface area is 161 Å². The maximum atomic E-state index is 12.6. The molecule has 6 heteroatoms. The van der Waals surface area contributed by atoms with Gasteiger partial charge in [0.1, 0.15) is 0 Å². The number of carbonyl (C=O) groups is 2. The van der Waals surface area contributed by atoms with Crippen LogP contribution in [0.4, 0.5) is 5.69 Å². The summed E-state index contributed by atoms with van der Waals surface area (Å²) >= 11 is 0. The van der Waals surface area contributed by atoms with Crippen LogP contribution in [0.2, 0.25) is 0 Å². The number of amides is 2. The molecule has 0 aliphatic carbocycles. The van der Waals surface area contributed by atoms with Crippen molar-refractivity contribution in [3.8, 4) is 0 Å². The van der Waals surface area contributed by atoms with Crippen LogP contribution in [-0.4, -0.2) is 85.4 Å². The number of para-hydroxylation sites is 1. The Bertz CT molecular complexity index is 679. The standard InChI is InChI=1S/C21H30N4O2/c26-20(25-12-7-18-5-1-2-6-19(18)25)8-11-22-13-15-23(16-14-22)17-21(27)24-9-3-4-10-24/h1-2,5-6H,3-4,7-17H2. The predicted molar refractivity (Wildman–Crippen MR) is 106 cm³/mol. The van der Waals surface area contributed by atoms with Gasteiger partial charge in [-0.25, -0.2) is 0 Å². The van der Waals surface area contributed by atoms with Crippen molar-refractivity contribution in [2.45, 2.75) is 25.7 Å². The van der Waals surface area contributed by atoms with E-state index in [0.717, 1.165) is 77.3 Å². The van der Waals surface area contributed by atoms with Gasteiger partial charge in [0.25, 0.3) is 0 Å². The fourth-order valence-electron chi connectivity index (χ4n) is 4.41. The van der Waals surface area contributed by atoms with Crippen LogP contribution in [0.5, 0.6) is 0 Å². The van der Waals surface area contributed by atoms with E-state index in [1.165, 1.54) is 5.56 Å². The molecule has 3 heterocycles. The second-order valence-corrected chi connectivity index (χ2v) is 7.88. The fraction of sp³-hybridized carbons (Fsp3) is 0.619. The minimum Gasteiger partial charge on any atom is -0.342 e. The van der Waals surface area contributed by atoms with E-state index in [0.29, 0.717) is 13.0 Å². The summed E-state index contributed by atoms with van der Waals surface area (Å²) in [6, 6.07) is 8.22. The van der Waals surface area contributed by atoms with Crippen molar-refractivity contribution in [1.29, 1.82) is 0 Å². The number of carbonyl (C=O) groups excluding carboxylic acids is 2. The Balaban J connectivity index is 1.19. The lowest BCUT2D eigenvalue weighted by molar-refractivity contribution is -0.131. The second kappa shape index (κ2) is 8.40. The number of fused-ring (bicyclic) bond motifs is 1. The molecule has 1 aromatic carbocycles. The highest BCUT2D eigenvalue weighted by Crippen LogP contribution is 2.27.